The molecule has 0 unspecified atom stereocenters. The van der Waals surface area contributed by atoms with Gasteiger partial charge in [0.25, 0.3) is 0 Å². The third kappa shape index (κ3) is 4.05. The first kappa shape index (κ1) is 21.1. The molecule has 0 saturated carbocycles. The number of hydrogen-bond acceptors (Lipinski definition) is 5. The summed E-state index contributed by atoms with van der Waals surface area (Å²) < 4.78 is 29.6. The van der Waals surface area contributed by atoms with Gasteiger partial charge in [-0.25, -0.2) is 18.4 Å². The number of nitrogens with zero attached hydrogens (tertiary/aromatic N) is 5. The van der Waals surface area contributed by atoms with Crippen molar-refractivity contribution in [2.24, 2.45) is 0 Å². The van der Waals surface area contributed by atoms with Gasteiger partial charge in [-0.2, -0.15) is 4.31 Å². The molecule has 4 rings (SSSR count). The number of anilines is 1. The van der Waals surface area contributed by atoms with Gasteiger partial charge in [-0.15, -0.1) is 0 Å². The highest BCUT2D eigenvalue weighted by Crippen LogP contribution is 2.31. The van der Waals surface area contributed by atoms with Crippen LogP contribution in [0.25, 0.3) is 5.82 Å². The van der Waals surface area contributed by atoms with E-state index in [0.717, 1.165) is 11.6 Å². The monoisotopic (exact) mass is 465 g/mol. The first-order valence-corrected chi connectivity index (χ1v) is 11.6. The Hall–Kier alpha value is -2.13. The van der Waals surface area contributed by atoms with E-state index in [9.17, 15) is 8.42 Å². The van der Waals surface area contributed by atoms with Crippen molar-refractivity contribution in [3.05, 3.63) is 64.2 Å². The fourth-order valence-electron chi connectivity index (χ4n) is 3.44. The Morgan fingerprint density at radius 2 is 1.50 bits per heavy atom. The molecule has 3 aromatic rings. The molecule has 0 amide bonds. The molecule has 1 saturated heterocycles. The number of rotatable bonds is 4. The summed E-state index contributed by atoms with van der Waals surface area (Å²) in [4.78, 5) is 11.2. The molecule has 7 nitrogen and oxygen atoms in total. The van der Waals surface area contributed by atoms with Gasteiger partial charge in [0.05, 0.1) is 5.02 Å². The first-order valence-electron chi connectivity index (χ1n) is 9.45. The lowest BCUT2D eigenvalue weighted by atomic mass is 10.2. The second-order valence-corrected chi connectivity index (χ2v) is 9.87. The molecule has 1 aliphatic rings. The van der Waals surface area contributed by atoms with Crippen molar-refractivity contribution in [2.45, 2.75) is 18.7 Å². The second-order valence-electron chi connectivity index (χ2n) is 7.14. The maximum Gasteiger partial charge on any atom is 0.244 e. The first-order chi connectivity index (χ1) is 14.3. The Bertz CT molecular complexity index is 1170. The molecule has 1 aromatic carbocycles. The van der Waals surface area contributed by atoms with E-state index >= 15 is 0 Å². The molecule has 158 valence electrons. The van der Waals surface area contributed by atoms with E-state index in [0.29, 0.717) is 42.6 Å². The highest BCUT2D eigenvalue weighted by molar-refractivity contribution is 7.89. The molecule has 1 fully saturated rings. The third-order valence-corrected chi connectivity index (χ3v) is 7.84. The molecule has 0 atom stereocenters. The Kier molecular flexibility index (Phi) is 5.76. The Balaban J connectivity index is 1.54. The molecule has 0 aliphatic carbocycles. The SMILES string of the molecule is Cc1nc(N2CCN(S(=O)(=O)c3cc(C)c(Cl)cc3Cl)CC2)cc(-n2cccc2)n1. The normalized spacial score (nSPS) is 15.5. The molecular formula is C20H21Cl2N5O2S. The number of aryl methyl sites for hydroxylation is 2. The molecule has 0 N–H and O–H groups in total. The standard InChI is InChI=1S/C20H21Cl2N5O2S/c1-14-11-18(17(22)12-16(14)21)30(28,29)27-9-7-26(8-10-27)20-13-19(23-15(2)24-20)25-5-3-4-6-25/h3-6,11-13H,7-10H2,1-2H3. The van der Waals surface area contributed by atoms with Crippen molar-refractivity contribution < 1.29 is 8.42 Å². The number of sulfonamides is 1. The van der Waals surface area contributed by atoms with Gasteiger partial charge >= 0.3 is 0 Å². The van der Waals surface area contributed by atoms with Gasteiger partial charge in [0.15, 0.2) is 0 Å². The molecule has 0 spiro atoms. The molecule has 10 heteroatoms. The highest BCUT2D eigenvalue weighted by Gasteiger charge is 2.31. The number of piperazine rings is 1. The Morgan fingerprint density at radius 3 is 2.17 bits per heavy atom. The topological polar surface area (TPSA) is 71.3 Å². The average Bonchev–Trinajstić information content (AvgIpc) is 3.25. The zero-order valence-electron chi connectivity index (χ0n) is 16.6. The smallest absolute Gasteiger partial charge is 0.244 e. The molecule has 0 radical (unpaired) electrons. The van der Waals surface area contributed by atoms with Gasteiger partial charge in [-0.1, -0.05) is 23.2 Å². The van der Waals surface area contributed by atoms with Gasteiger partial charge < -0.3 is 9.47 Å². The van der Waals surface area contributed by atoms with Crippen LogP contribution in [-0.4, -0.2) is 53.4 Å². The van der Waals surface area contributed by atoms with Crippen molar-refractivity contribution in [1.29, 1.82) is 0 Å². The summed E-state index contributed by atoms with van der Waals surface area (Å²) >= 11 is 12.3. The Labute approximate surface area is 185 Å². The number of halogens is 2. The molecule has 2 aromatic heterocycles. The third-order valence-electron chi connectivity index (χ3n) is 5.07. The summed E-state index contributed by atoms with van der Waals surface area (Å²) in [5.74, 6) is 2.22. The summed E-state index contributed by atoms with van der Waals surface area (Å²) in [6.07, 6.45) is 3.85. The van der Waals surface area contributed by atoms with Gasteiger partial charge in [-0.3, -0.25) is 0 Å². The number of aromatic nitrogens is 3. The summed E-state index contributed by atoms with van der Waals surface area (Å²) in [7, 11) is -3.71. The zero-order chi connectivity index (χ0) is 21.5. The lowest BCUT2D eigenvalue weighted by Crippen LogP contribution is -2.49. The second kappa shape index (κ2) is 8.19. The minimum absolute atomic E-state index is 0.0901. The van der Waals surface area contributed by atoms with Crippen LogP contribution >= 0.6 is 23.2 Å². The van der Waals surface area contributed by atoms with Crippen LogP contribution in [0.5, 0.6) is 0 Å². The van der Waals surface area contributed by atoms with Crippen LogP contribution in [0.2, 0.25) is 10.0 Å². The van der Waals surface area contributed by atoms with Crippen molar-refractivity contribution in [1.82, 2.24) is 18.8 Å². The van der Waals surface area contributed by atoms with Crippen LogP contribution in [0.1, 0.15) is 11.4 Å². The average molecular weight is 466 g/mol. The van der Waals surface area contributed by atoms with Crippen LogP contribution in [0, 0.1) is 13.8 Å². The van der Waals surface area contributed by atoms with Gasteiger partial charge in [0.2, 0.25) is 10.0 Å². The van der Waals surface area contributed by atoms with E-state index in [1.54, 1.807) is 6.92 Å². The minimum Gasteiger partial charge on any atom is -0.354 e. The van der Waals surface area contributed by atoms with E-state index in [4.69, 9.17) is 23.2 Å². The quantitative estimate of drug-likeness (QED) is 0.587. The van der Waals surface area contributed by atoms with Gasteiger partial charge in [0.1, 0.15) is 22.4 Å². The molecule has 1 aliphatic heterocycles. The molecule has 0 bridgehead atoms. The van der Waals surface area contributed by atoms with E-state index in [1.165, 1.54) is 16.4 Å². The van der Waals surface area contributed by atoms with Crippen LogP contribution in [-0.2, 0) is 10.0 Å². The van der Waals surface area contributed by atoms with E-state index in [-0.39, 0.29) is 9.92 Å². The predicted octanol–water partition coefficient (Wildman–Crippen LogP) is 3.70. The lowest BCUT2D eigenvalue weighted by molar-refractivity contribution is 0.383. The number of benzene rings is 1. The fourth-order valence-corrected chi connectivity index (χ4v) is 5.67. The van der Waals surface area contributed by atoms with Crippen LogP contribution in [0.4, 0.5) is 5.82 Å². The fraction of sp³-hybridized carbons (Fsp3) is 0.300. The molecule has 3 heterocycles. The van der Waals surface area contributed by atoms with Crippen LogP contribution in [0.15, 0.2) is 47.6 Å². The molecule has 30 heavy (non-hydrogen) atoms. The van der Waals surface area contributed by atoms with E-state index in [2.05, 4.69) is 14.9 Å². The van der Waals surface area contributed by atoms with E-state index in [1.807, 2.05) is 42.1 Å². The van der Waals surface area contributed by atoms with Crippen molar-refractivity contribution in [3.8, 4) is 5.82 Å². The van der Waals surface area contributed by atoms with Gasteiger partial charge in [0, 0.05) is 49.7 Å². The zero-order valence-corrected chi connectivity index (χ0v) is 18.9. The van der Waals surface area contributed by atoms with Crippen molar-refractivity contribution in [2.75, 3.05) is 31.1 Å². The van der Waals surface area contributed by atoms with Crippen LogP contribution < -0.4 is 4.90 Å². The summed E-state index contributed by atoms with van der Waals surface area (Å²) in [6.45, 7) is 5.32. The highest BCUT2D eigenvalue weighted by atomic mass is 35.5. The Morgan fingerprint density at radius 1 is 0.867 bits per heavy atom. The maximum atomic E-state index is 13.1. The maximum absolute atomic E-state index is 13.1. The number of hydrogen-bond donors (Lipinski definition) is 0. The largest absolute Gasteiger partial charge is 0.354 e. The summed E-state index contributed by atoms with van der Waals surface area (Å²) in [5, 5.41) is 0.581. The minimum atomic E-state index is -3.71. The summed E-state index contributed by atoms with van der Waals surface area (Å²) in [6, 6.07) is 8.79. The van der Waals surface area contributed by atoms with Gasteiger partial charge in [-0.05, 0) is 43.7 Å². The summed E-state index contributed by atoms with van der Waals surface area (Å²) in [5.41, 5.74) is 0.673. The predicted molar refractivity (Wildman–Crippen MR) is 118 cm³/mol. The van der Waals surface area contributed by atoms with Crippen LogP contribution in [0.3, 0.4) is 0 Å². The lowest BCUT2D eigenvalue weighted by Gasteiger charge is -2.35. The van der Waals surface area contributed by atoms with E-state index < -0.39 is 10.0 Å². The van der Waals surface area contributed by atoms with Crippen molar-refractivity contribution in [3.63, 3.8) is 0 Å². The van der Waals surface area contributed by atoms with Crippen molar-refractivity contribution >= 4 is 39.0 Å². The molecular weight excluding hydrogens is 445 g/mol.